The molecular formula is C15H9F2IN2O3. The van der Waals surface area contributed by atoms with Gasteiger partial charge in [0.05, 0.1) is 5.69 Å². The second kappa shape index (κ2) is 5.76. The van der Waals surface area contributed by atoms with Gasteiger partial charge in [0.25, 0.3) is 0 Å². The summed E-state index contributed by atoms with van der Waals surface area (Å²) in [4.78, 5) is 15.2. The first-order valence-electron chi connectivity index (χ1n) is 6.40. The minimum absolute atomic E-state index is 0.248. The van der Waals surface area contributed by atoms with E-state index < -0.39 is 34.4 Å². The monoisotopic (exact) mass is 430 g/mol. The summed E-state index contributed by atoms with van der Waals surface area (Å²) in [6.45, 7) is 1.77. The number of rotatable bonds is 3. The molecule has 0 unspecified atom stereocenters. The molecule has 2 aromatic carbocycles. The van der Waals surface area contributed by atoms with Crippen LogP contribution in [0.3, 0.4) is 0 Å². The lowest BCUT2D eigenvalue weighted by atomic mass is 10.1. The molecule has 3 aromatic rings. The summed E-state index contributed by atoms with van der Waals surface area (Å²) in [5.41, 5.74) is -0.513. The van der Waals surface area contributed by atoms with E-state index in [4.69, 9.17) is 4.42 Å². The number of carboxylic acid groups (broad SMARTS) is 1. The van der Waals surface area contributed by atoms with Gasteiger partial charge in [0.2, 0.25) is 5.82 Å². The lowest BCUT2D eigenvalue weighted by Gasteiger charge is -2.14. The number of carboxylic acids is 1. The fourth-order valence-electron chi connectivity index (χ4n) is 2.25. The third kappa shape index (κ3) is 2.62. The van der Waals surface area contributed by atoms with Gasteiger partial charge in [-0.05, 0) is 53.3 Å². The van der Waals surface area contributed by atoms with Crippen LogP contribution in [-0.4, -0.2) is 16.1 Å². The molecule has 0 saturated heterocycles. The van der Waals surface area contributed by atoms with Gasteiger partial charge in [0.15, 0.2) is 17.8 Å². The predicted molar refractivity (Wildman–Crippen MR) is 88.1 cm³/mol. The number of hydrogen-bond acceptors (Lipinski definition) is 4. The summed E-state index contributed by atoms with van der Waals surface area (Å²) in [5.74, 6) is -4.05. The molecule has 5 nitrogen and oxygen atoms in total. The quantitative estimate of drug-likeness (QED) is 0.601. The largest absolute Gasteiger partial charge is 0.478 e. The maximum atomic E-state index is 14.3. The minimum atomic E-state index is -1.44. The Morgan fingerprint density at radius 1 is 1.35 bits per heavy atom. The normalized spacial score (nSPS) is 11.0. The molecule has 1 aromatic heterocycles. The Morgan fingerprint density at radius 3 is 2.74 bits per heavy atom. The average molecular weight is 430 g/mol. The summed E-state index contributed by atoms with van der Waals surface area (Å²) in [6, 6.07) is 5.25. The van der Waals surface area contributed by atoms with Crippen molar-refractivity contribution >= 4 is 51.0 Å². The molecule has 8 heteroatoms. The van der Waals surface area contributed by atoms with Crippen molar-refractivity contribution in [3.05, 3.63) is 50.9 Å². The smallest absolute Gasteiger partial charge is 0.340 e. The standard InChI is InChI=1S/C15H9F2IN2O3/c1-6-4-7(18)2-3-8(6)20-12-9(15(21)22)13-14(23-5-19-13)11(17)10(12)16/h2-5,20H,1H3,(H,21,22). The van der Waals surface area contributed by atoms with E-state index in [1.807, 2.05) is 6.07 Å². The first kappa shape index (κ1) is 15.7. The molecule has 118 valence electrons. The average Bonchev–Trinajstić information content (AvgIpc) is 2.96. The Bertz CT molecular complexity index is 940. The molecule has 0 atom stereocenters. The Balaban J connectivity index is 2.25. The van der Waals surface area contributed by atoms with Crippen molar-refractivity contribution in [3.63, 3.8) is 0 Å². The number of aromatic carboxylic acids is 1. The number of carbonyl (C=O) groups is 1. The van der Waals surface area contributed by atoms with Crippen molar-refractivity contribution in [3.8, 4) is 0 Å². The summed E-state index contributed by atoms with van der Waals surface area (Å²) in [7, 11) is 0. The topological polar surface area (TPSA) is 75.4 Å². The Hall–Kier alpha value is -2.23. The van der Waals surface area contributed by atoms with Crippen LogP contribution in [0.4, 0.5) is 20.2 Å². The number of nitrogens with zero attached hydrogens (tertiary/aromatic N) is 1. The van der Waals surface area contributed by atoms with E-state index in [0.29, 0.717) is 5.69 Å². The first-order valence-corrected chi connectivity index (χ1v) is 7.48. The molecule has 0 radical (unpaired) electrons. The lowest BCUT2D eigenvalue weighted by Crippen LogP contribution is -2.09. The van der Waals surface area contributed by atoms with Crippen LogP contribution in [0.15, 0.2) is 29.0 Å². The summed E-state index contributed by atoms with van der Waals surface area (Å²) < 4.78 is 34.1. The molecule has 23 heavy (non-hydrogen) atoms. The predicted octanol–water partition coefficient (Wildman–Crippen LogP) is 4.46. The minimum Gasteiger partial charge on any atom is -0.478 e. The summed E-state index contributed by atoms with van der Waals surface area (Å²) in [5, 5.41) is 12.0. The van der Waals surface area contributed by atoms with Crippen molar-refractivity contribution in [2.75, 3.05) is 5.32 Å². The number of nitrogens with one attached hydrogen (secondary N) is 1. The zero-order valence-electron chi connectivity index (χ0n) is 11.7. The Kier molecular flexibility index (Phi) is 3.92. The van der Waals surface area contributed by atoms with Crippen molar-refractivity contribution in [2.45, 2.75) is 6.92 Å². The zero-order valence-corrected chi connectivity index (χ0v) is 13.8. The fourth-order valence-corrected chi connectivity index (χ4v) is 2.89. The van der Waals surface area contributed by atoms with Gasteiger partial charge in [-0.3, -0.25) is 0 Å². The highest BCUT2D eigenvalue weighted by Crippen LogP contribution is 2.34. The molecule has 0 fully saturated rings. The van der Waals surface area contributed by atoms with Crippen molar-refractivity contribution in [1.82, 2.24) is 4.98 Å². The third-order valence-electron chi connectivity index (χ3n) is 3.33. The van der Waals surface area contributed by atoms with E-state index in [1.165, 1.54) is 0 Å². The number of benzene rings is 2. The highest BCUT2D eigenvalue weighted by Gasteiger charge is 2.27. The van der Waals surface area contributed by atoms with Gasteiger partial charge < -0.3 is 14.8 Å². The van der Waals surface area contributed by atoms with E-state index in [-0.39, 0.29) is 5.52 Å². The molecule has 3 rings (SSSR count). The van der Waals surface area contributed by atoms with Crippen LogP contribution in [0, 0.1) is 22.1 Å². The van der Waals surface area contributed by atoms with E-state index >= 15 is 0 Å². The molecule has 0 amide bonds. The molecule has 0 saturated carbocycles. The van der Waals surface area contributed by atoms with E-state index in [2.05, 4.69) is 32.9 Å². The summed E-state index contributed by atoms with van der Waals surface area (Å²) in [6.07, 6.45) is 0.875. The van der Waals surface area contributed by atoms with Gasteiger partial charge in [-0.15, -0.1) is 0 Å². The molecule has 0 aliphatic carbocycles. The van der Waals surface area contributed by atoms with Crippen LogP contribution in [0.1, 0.15) is 15.9 Å². The highest BCUT2D eigenvalue weighted by atomic mass is 127. The van der Waals surface area contributed by atoms with Gasteiger partial charge in [-0.25, -0.2) is 14.2 Å². The molecule has 2 N–H and O–H groups in total. The van der Waals surface area contributed by atoms with Crippen molar-refractivity contribution < 1.29 is 23.1 Å². The molecular weight excluding hydrogens is 421 g/mol. The number of fused-ring (bicyclic) bond motifs is 1. The van der Waals surface area contributed by atoms with Gasteiger partial charge in [0.1, 0.15) is 11.1 Å². The zero-order chi connectivity index (χ0) is 16.7. The summed E-state index contributed by atoms with van der Waals surface area (Å²) >= 11 is 2.11. The Labute approximate surface area is 142 Å². The van der Waals surface area contributed by atoms with Crippen molar-refractivity contribution in [1.29, 1.82) is 0 Å². The number of aromatic nitrogens is 1. The number of oxazole rings is 1. The van der Waals surface area contributed by atoms with Crippen LogP contribution in [-0.2, 0) is 0 Å². The number of hydrogen-bond donors (Lipinski definition) is 2. The van der Waals surface area contributed by atoms with Gasteiger partial charge in [0, 0.05) is 9.26 Å². The fraction of sp³-hybridized carbons (Fsp3) is 0.0667. The Morgan fingerprint density at radius 2 is 2.09 bits per heavy atom. The van der Waals surface area contributed by atoms with Crippen molar-refractivity contribution in [2.24, 2.45) is 0 Å². The highest BCUT2D eigenvalue weighted by molar-refractivity contribution is 14.1. The second-order valence-corrected chi connectivity index (χ2v) is 6.04. The SMILES string of the molecule is Cc1cc(I)ccc1Nc1c(F)c(F)c2ocnc2c1C(=O)O. The second-order valence-electron chi connectivity index (χ2n) is 4.80. The van der Waals surface area contributed by atoms with Crippen LogP contribution < -0.4 is 5.32 Å². The first-order chi connectivity index (χ1) is 10.9. The molecule has 0 aliphatic heterocycles. The molecule has 1 heterocycles. The van der Waals surface area contributed by atoms with Crippen LogP contribution in [0.5, 0.6) is 0 Å². The molecule has 0 bridgehead atoms. The maximum absolute atomic E-state index is 14.3. The molecule has 0 spiro atoms. The van der Waals surface area contributed by atoms with Crippen LogP contribution >= 0.6 is 22.6 Å². The van der Waals surface area contributed by atoms with E-state index in [9.17, 15) is 18.7 Å². The van der Waals surface area contributed by atoms with E-state index in [0.717, 1.165) is 15.5 Å². The molecule has 0 aliphatic rings. The van der Waals surface area contributed by atoms with Gasteiger partial charge in [-0.1, -0.05) is 0 Å². The number of aryl methyl sites for hydroxylation is 1. The lowest BCUT2D eigenvalue weighted by molar-refractivity contribution is 0.0699. The number of halogens is 3. The van der Waals surface area contributed by atoms with Crippen LogP contribution in [0.25, 0.3) is 11.1 Å². The van der Waals surface area contributed by atoms with Gasteiger partial charge >= 0.3 is 5.97 Å². The third-order valence-corrected chi connectivity index (χ3v) is 4.00. The van der Waals surface area contributed by atoms with E-state index in [1.54, 1.807) is 19.1 Å². The van der Waals surface area contributed by atoms with Gasteiger partial charge in [-0.2, -0.15) is 4.39 Å². The maximum Gasteiger partial charge on any atom is 0.340 e. The van der Waals surface area contributed by atoms with Crippen LogP contribution in [0.2, 0.25) is 0 Å². The number of anilines is 2.